The molecule has 1 aromatic carbocycles. The van der Waals surface area contributed by atoms with Gasteiger partial charge in [0.2, 0.25) is 0 Å². The van der Waals surface area contributed by atoms with Gasteiger partial charge in [-0.3, -0.25) is 0 Å². The summed E-state index contributed by atoms with van der Waals surface area (Å²) in [5.74, 6) is 0.235. The maximum atomic E-state index is 13.1. The number of rotatable bonds is 3. The molecule has 1 heterocycles. The van der Waals surface area contributed by atoms with E-state index in [1.807, 2.05) is 6.07 Å². The molecule has 2 unspecified atom stereocenters. The van der Waals surface area contributed by atoms with Crippen LogP contribution >= 0.6 is 11.6 Å². The molecular formula is C14H20ClFN2. The molecule has 2 rings (SSSR count). The van der Waals surface area contributed by atoms with Crippen molar-refractivity contribution in [1.82, 2.24) is 5.32 Å². The zero-order valence-corrected chi connectivity index (χ0v) is 11.7. The first-order chi connectivity index (χ1) is 8.61. The third-order valence-electron chi connectivity index (χ3n) is 3.64. The van der Waals surface area contributed by atoms with Gasteiger partial charge in [-0.1, -0.05) is 25.4 Å². The molecule has 1 saturated heterocycles. The van der Waals surface area contributed by atoms with E-state index in [1.165, 1.54) is 6.07 Å². The van der Waals surface area contributed by atoms with Crippen molar-refractivity contribution in [2.45, 2.75) is 26.3 Å². The van der Waals surface area contributed by atoms with Crippen LogP contribution in [0.3, 0.4) is 0 Å². The molecule has 0 aromatic heterocycles. The molecule has 2 nitrogen and oxygen atoms in total. The van der Waals surface area contributed by atoms with Crippen molar-refractivity contribution in [2.75, 3.05) is 24.5 Å². The SMILES string of the molecule is CCNC1CCN(c2ccc(F)c(Cl)c2)CC1C. The van der Waals surface area contributed by atoms with E-state index in [4.69, 9.17) is 11.6 Å². The van der Waals surface area contributed by atoms with Gasteiger partial charge < -0.3 is 10.2 Å². The molecule has 0 saturated carbocycles. The molecule has 0 amide bonds. The van der Waals surface area contributed by atoms with Gasteiger partial charge in [0.15, 0.2) is 0 Å². The first-order valence-electron chi connectivity index (χ1n) is 6.55. The van der Waals surface area contributed by atoms with Crippen LogP contribution in [0.2, 0.25) is 5.02 Å². The molecule has 4 heteroatoms. The predicted octanol–water partition coefficient (Wildman–Crippen LogP) is 3.30. The lowest BCUT2D eigenvalue weighted by atomic mass is 9.93. The van der Waals surface area contributed by atoms with Crippen LogP contribution in [0.5, 0.6) is 0 Å². The highest BCUT2D eigenvalue weighted by Gasteiger charge is 2.25. The van der Waals surface area contributed by atoms with Gasteiger partial charge in [-0.25, -0.2) is 4.39 Å². The summed E-state index contributed by atoms with van der Waals surface area (Å²) in [6.07, 6.45) is 1.12. The van der Waals surface area contributed by atoms with Gasteiger partial charge in [0.05, 0.1) is 5.02 Å². The monoisotopic (exact) mass is 270 g/mol. The molecule has 1 N–H and O–H groups in total. The van der Waals surface area contributed by atoms with E-state index >= 15 is 0 Å². The lowest BCUT2D eigenvalue weighted by molar-refractivity contribution is 0.327. The molecule has 0 bridgehead atoms. The maximum Gasteiger partial charge on any atom is 0.141 e. The quantitative estimate of drug-likeness (QED) is 0.907. The number of nitrogens with zero attached hydrogens (tertiary/aromatic N) is 1. The van der Waals surface area contributed by atoms with Crippen molar-refractivity contribution in [3.8, 4) is 0 Å². The van der Waals surface area contributed by atoms with Gasteiger partial charge in [0.25, 0.3) is 0 Å². The first kappa shape index (κ1) is 13.6. The van der Waals surface area contributed by atoms with E-state index in [0.29, 0.717) is 12.0 Å². The molecule has 2 atom stereocenters. The number of halogens is 2. The predicted molar refractivity (Wildman–Crippen MR) is 74.9 cm³/mol. The van der Waals surface area contributed by atoms with Crippen LogP contribution in [0, 0.1) is 11.7 Å². The smallest absolute Gasteiger partial charge is 0.141 e. The fourth-order valence-corrected chi connectivity index (χ4v) is 2.80. The summed E-state index contributed by atoms with van der Waals surface area (Å²) in [6, 6.07) is 5.55. The van der Waals surface area contributed by atoms with E-state index in [2.05, 4.69) is 24.1 Å². The average molecular weight is 271 g/mol. The van der Waals surface area contributed by atoms with Gasteiger partial charge in [-0.2, -0.15) is 0 Å². The number of benzene rings is 1. The number of piperidine rings is 1. The van der Waals surface area contributed by atoms with E-state index in [9.17, 15) is 4.39 Å². The van der Waals surface area contributed by atoms with Crippen molar-refractivity contribution in [3.63, 3.8) is 0 Å². The Labute approximate surface area is 113 Å². The van der Waals surface area contributed by atoms with Crippen LogP contribution in [0.15, 0.2) is 18.2 Å². The second-order valence-electron chi connectivity index (χ2n) is 4.97. The Morgan fingerprint density at radius 3 is 2.89 bits per heavy atom. The lowest BCUT2D eigenvalue weighted by Crippen LogP contribution is -2.48. The van der Waals surface area contributed by atoms with Crippen LogP contribution < -0.4 is 10.2 Å². The fraction of sp³-hybridized carbons (Fsp3) is 0.571. The summed E-state index contributed by atoms with van der Waals surface area (Å²) < 4.78 is 13.1. The highest BCUT2D eigenvalue weighted by Crippen LogP contribution is 2.27. The second kappa shape index (κ2) is 5.89. The molecule has 0 radical (unpaired) electrons. The van der Waals surface area contributed by atoms with Crippen LogP contribution in [0.1, 0.15) is 20.3 Å². The summed E-state index contributed by atoms with van der Waals surface area (Å²) in [6.45, 7) is 7.38. The molecular weight excluding hydrogens is 251 g/mol. The minimum absolute atomic E-state index is 0.203. The van der Waals surface area contributed by atoms with Gasteiger partial charge in [-0.15, -0.1) is 0 Å². The zero-order valence-electron chi connectivity index (χ0n) is 10.9. The summed E-state index contributed by atoms with van der Waals surface area (Å²) in [4.78, 5) is 2.28. The highest BCUT2D eigenvalue weighted by atomic mass is 35.5. The van der Waals surface area contributed by atoms with Gasteiger partial charge in [0.1, 0.15) is 5.82 Å². The van der Waals surface area contributed by atoms with E-state index < -0.39 is 0 Å². The molecule has 1 fully saturated rings. The molecule has 0 aliphatic carbocycles. The maximum absolute atomic E-state index is 13.1. The molecule has 1 aliphatic heterocycles. The Bertz CT molecular complexity index is 411. The topological polar surface area (TPSA) is 15.3 Å². The van der Waals surface area contributed by atoms with Crippen LogP contribution in [0.4, 0.5) is 10.1 Å². The number of nitrogens with one attached hydrogen (secondary N) is 1. The third-order valence-corrected chi connectivity index (χ3v) is 3.93. The van der Waals surface area contributed by atoms with Crippen molar-refractivity contribution in [1.29, 1.82) is 0 Å². The summed E-state index contributed by atoms with van der Waals surface area (Å²) in [5, 5.41) is 3.72. The number of anilines is 1. The van der Waals surface area contributed by atoms with Crippen molar-refractivity contribution < 1.29 is 4.39 Å². The van der Waals surface area contributed by atoms with Gasteiger partial charge in [0, 0.05) is 24.8 Å². The van der Waals surface area contributed by atoms with Crippen LogP contribution in [0.25, 0.3) is 0 Å². The molecule has 18 heavy (non-hydrogen) atoms. The normalized spacial score (nSPS) is 24.3. The molecule has 100 valence electrons. The summed E-state index contributed by atoms with van der Waals surface area (Å²) in [5.41, 5.74) is 1.02. The Kier molecular flexibility index (Phi) is 4.46. The van der Waals surface area contributed by atoms with E-state index in [1.54, 1.807) is 6.07 Å². The van der Waals surface area contributed by atoms with Crippen LogP contribution in [-0.4, -0.2) is 25.7 Å². The molecule has 1 aliphatic rings. The van der Waals surface area contributed by atoms with Crippen molar-refractivity contribution in [3.05, 3.63) is 29.0 Å². The fourth-order valence-electron chi connectivity index (χ4n) is 2.63. The highest BCUT2D eigenvalue weighted by molar-refractivity contribution is 6.31. The summed E-state index contributed by atoms with van der Waals surface area (Å²) in [7, 11) is 0. The lowest BCUT2D eigenvalue weighted by Gasteiger charge is -2.38. The number of hydrogen-bond donors (Lipinski definition) is 1. The third kappa shape index (κ3) is 2.96. The minimum atomic E-state index is -0.351. The Balaban J connectivity index is 2.05. The van der Waals surface area contributed by atoms with E-state index in [0.717, 1.165) is 31.7 Å². The first-order valence-corrected chi connectivity index (χ1v) is 6.93. The second-order valence-corrected chi connectivity index (χ2v) is 5.38. The Morgan fingerprint density at radius 1 is 1.50 bits per heavy atom. The average Bonchev–Trinajstić information content (AvgIpc) is 2.35. The zero-order chi connectivity index (χ0) is 13.1. The van der Waals surface area contributed by atoms with E-state index in [-0.39, 0.29) is 10.8 Å². The summed E-state index contributed by atoms with van der Waals surface area (Å²) >= 11 is 5.83. The van der Waals surface area contributed by atoms with Crippen molar-refractivity contribution in [2.24, 2.45) is 5.92 Å². The van der Waals surface area contributed by atoms with Gasteiger partial charge in [-0.05, 0) is 37.1 Å². The van der Waals surface area contributed by atoms with Crippen LogP contribution in [-0.2, 0) is 0 Å². The van der Waals surface area contributed by atoms with Gasteiger partial charge >= 0.3 is 0 Å². The standard InChI is InChI=1S/C14H20ClFN2/c1-3-17-14-6-7-18(9-10(14)2)11-4-5-13(16)12(15)8-11/h4-5,8,10,14,17H,3,6-7,9H2,1-2H3. The Morgan fingerprint density at radius 2 is 2.28 bits per heavy atom. The Hall–Kier alpha value is -0.800. The minimum Gasteiger partial charge on any atom is -0.371 e. The largest absolute Gasteiger partial charge is 0.371 e. The number of hydrogen-bond acceptors (Lipinski definition) is 2. The molecule has 0 spiro atoms. The van der Waals surface area contributed by atoms with Crippen molar-refractivity contribution >= 4 is 17.3 Å². The molecule has 1 aromatic rings.